The minimum atomic E-state index is -1.04. The van der Waals surface area contributed by atoms with E-state index in [4.69, 9.17) is 16.3 Å². The molecule has 3 aromatic carbocycles. The number of halogens is 2. The predicted octanol–water partition coefficient (Wildman–Crippen LogP) is 6.81. The number of thioether (sulfide) groups is 1. The number of carbonyl (C=O) groups excluding carboxylic acids is 2. The van der Waals surface area contributed by atoms with Crippen molar-refractivity contribution in [2.24, 2.45) is 0 Å². The quantitative estimate of drug-likeness (QED) is 0.0569. The molecule has 1 fully saturated rings. The fraction of sp³-hybridized carbons (Fsp3) is 0.103. The minimum absolute atomic E-state index is 0.155. The standard InChI is InChI=1S/C29H21ClFN3O4S2/c1-2-14-38-21-8-5-7-18(15-21)24-23(25(35)17-10-12-20(31)13-11-17)26(36)27(37)34(24)28-32-33-29(40-28)39-16-19-6-3-4-9-22(19)30/h2-13,15,24,35H,1,14,16H2/b25-23+. The summed E-state index contributed by atoms with van der Waals surface area (Å²) >= 11 is 8.80. The van der Waals surface area contributed by atoms with Crippen molar-refractivity contribution in [3.63, 3.8) is 0 Å². The van der Waals surface area contributed by atoms with Gasteiger partial charge in [0.15, 0.2) is 4.34 Å². The van der Waals surface area contributed by atoms with Gasteiger partial charge in [0, 0.05) is 16.3 Å². The molecule has 1 amide bonds. The number of aliphatic hydroxyl groups is 1. The van der Waals surface area contributed by atoms with Gasteiger partial charge in [-0.15, -0.1) is 10.2 Å². The Morgan fingerprint density at radius 2 is 1.90 bits per heavy atom. The molecule has 11 heteroatoms. The summed E-state index contributed by atoms with van der Waals surface area (Å²) in [5.74, 6) is -1.69. The number of hydrogen-bond acceptors (Lipinski definition) is 8. The molecular weight excluding hydrogens is 573 g/mol. The van der Waals surface area contributed by atoms with E-state index >= 15 is 0 Å². The maximum Gasteiger partial charge on any atom is 0.301 e. The van der Waals surface area contributed by atoms with E-state index in [2.05, 4.69) is 16.8 Å². The number of hydrogen-bond donors (Lipinski definition) is 1. The number of carbonyl (C=O) groups is 2. The summed E-state index contributed by atoms with van der Waals surface area (Å²) in [7, 11) is 0. The zero-order valence-corrected chi connectivity index (χ0v) is 23.2. The summed E-state index contributed by atoms with van der Waals surface area (Å²) in [6.07, 6.45) is 1.59. The fourth-order valence-corrected chi connectivity index (χ4v) is 6.30. The van der Waals surface area contributed by atoms with E-state index in [1.54, 1.807) is 36.4 Å². The molecule has 4 aromatic rings. The van der Waals surface area contributed by atoms with Gasteiger partial charge in [-0.25, -0.2) is 4.39 Å². The van der Waals surface area contributed by atoms with Crippen molar-refractivity contribution in [1.29, 1.82) is 0 Å². The van der Waals surface area contributed by atoms with Crippen LogP contribution in [-0.4, -0.2) is 33.6 Å². The first-order valence-electron chi connectivity index (χ1n) is 12.0. The second-order valence-corrected chi connectivity index (χ2v) is 11.2. The molecule has 7 nitrogen and oxygen atoms in total. The highest BCUT2D eigenvalue weighted by Crippen LogP contribution is 2.44. The first-order chi connectivity index (χ1) is 19.4. The van der Waals surface area contributed by atoms with Crippen LogP contribution in [0.3, 0.4) is 0 Å². The lowest BCUT2D eigenvalue weighted by molar-refractivity contribution is -0.132. The molecule has 0 bridgehead atoms. The molecule has 2 heterocycles. The van der Waals surface area contributed by atoms with Crippen molar-refractivity contribution in [1.82, 2.24) is 10.2 Å². The summed E-state index contributed by atoms with van der Waals surface area (Å²) in [4.78, 5) is 28.0. The molecule has 0 aliphatic carbocycles. The van der Waals surface area contributed by atoms with Crippen LogP contribution >= 0.6 is 34.7 Å². The Kier molecular flexibility index (Phi) is 8.29. The number of anilines is 1. The number of aliphatic hydroxyl groups excluding tert-OH is 1. The zero-order chi connectivity index (χ0) is 28.2. The van der Waals surface area contributed by atoms with Crippen molar-refractivity contribution in [3.05, 3.63) is 119 Å². The molecule has 202 valence electrons. The van der Waals surface area contributed by atoms with Crippen molar-refractivity contribution in [2.45, 2.75) is 16.1 Å². The maximum absolute atomic E-state index is 13.6. The molecule has 1 saturated heterocycles. The van der Waals surface area contributed by atoms with Crippen molar-refractivity contribution in [2.75, 3.05) is 11.5 Å². The largest absolute Gasteiger partial charge is 0.507 e. The number of nitrogens with zero attached hydrogens (tertiary/aromatic N) is 3. The van der Waals surface area contributed by atoms with Gasteiger partial charge in [-0.2, -0.15) is 0 Å². The number of rotatable bonds is 9. The number of Topliss-reactive ketones (excluding diaryl/α,β-unsaturated/α-hetero) is 1. The van der Waals surface area contributed by atoms with Crippen LogP contribution in [0.1, 0.15) is 22.7 Å². The average Bonchev–Trinajstić information content (AvgIpc) is 3.53. The third kappa shape index (κ3) is 5.65. The van der Waals surface area contributed by atoms with Gasteiger partial charge in [-0.1, -0.05) is 77.7 Å². The Morgan fingerprint density at radius 3 is 2.65 bits per heavy atom. The van der Waals surface area contributed by atoms with Gasteiger partial charge in [-0.05, 0) is 53.6 Å². The minimum Gasteiger partial charge on any atom is -0.507 e. The second-order valence-electron chi connectivity index (χ2n) is 8.58. The van der Waals surface area contributed by atoms with Crippen molar-refractivity contribution in [3.8, 4) is 5.75 Å². The Balaban J connectivity index is 1.56. The molecule has 5 rings (SSSR count). The van der Waals surface area contributed by atoms with Gasteiger partial charge in [0.2, 0.25) is 5.13 Å². The number of benzene rings is 3. The molecule has 1 aromatic heterocycles. The normalized spacial score (nSPS) is 16.4. The second kappa shape index (κ2) is 12.0. The smallest absolute Gasteiger partial charge is 0.301 e. The van der Waals surface area contributed by atoms with E-state index in [0.717, 1.165) is 29.0 Å². The van der Waals surface area contributed by atoms with E-state index in [9.17, 15) is 19.1 Å². The first kappa shape index (κ1) is 27.6. The summed E-state index contributed by atoms with van der Waals surface area (Å²) in [5.41, 5.74) is 1.46. The van der Waals surface area contributed by atoms with Crippen LogP contribution in [0.2, 0.25) is 5.02 Å². The van der Waals surface area contributed by atoms with Crippen LogP contribution in [0, 0.1) is 5.82 Å². The molecule has 1 atom stereocenters. The molecule has 1 aliphatic heterocycles. The summed E-state index contributed by atoms with van der Waals surface area (Å²) < 4.78 is 19.8. The van der Waals surface area contributed by atoms with Crippen LogP contribution in [0.4, 0.5) is 9.52 Å². The summed E-state index contributed by atoms with van der Waals surface area (Å²) in [6.45, 7) is 3.90. The summed E-state index contributed by atoms with van der Waals surface area (Å²) in [6, 6.07) is 18.3. The lowest BCUT2D eigenvalue weighted by Crippen LogP contribution is -2.29. The number of amides is 1. The van der Waals surface area contributed by atoms with Gasteiger partial charge >= 0.3 is 5.91 Å². The van der Waals surface area contributed by atoms with Crippen LogP contribution < -0.4 is 9.64 Å². The highest BCUT2D eigenvalue weighted by Gasteiger charge is 2.48. The lowest BCUT2D eigenvalue weighted by Gasteiger charge is -2.23. The molecule has 1 N–H and O–H groups in total. The Labute approximate surface area is 242 Å². The molecule has 40 heavy (non-hydrogen) atoms. The summed E-state index contributed by atoms with van der Waals surface area (Å²) in [5, 5.41) is 20.5. The predicted molar refractivity (Wildman–Crippen MR) is 154 cm³/mol. The molecule has 0 saturated carbocycles. The Bertz CT molecular complexity index is 1620. The Morgan fingerprint density at radius 1 is 1.12 bits per heavy atom. The molecule has 0 spiro atoms. The van der Waals surface area contributed by atoms with Gasteiger partial charge in [-0.3, -0.25) is 14.5 Å². The van der Waals surface area contributed by atoms with E-state index < -0.39 is 29.3 Å². The third-order valence-corrected chi connectivity index (χ3v) is 8.49. The SMILES string of the molecule is C=CCOc1cccc(C2/C(=C(\O)c3ccc(F)cc3)C(=O)C(=O)N2c2nnc(SCc3ccccc3Cl)s2)c1. The molecular formula is C29H21ClFN3O4S2. The van der Waals surface area contributed by atoms with Crippen molar-refractivity contribution < 1.29 is 23.8 Å². The Hall–Kier alpha value is -3.99. The third-order valence-electron chi connectivity index (χ3n) is 6.01. The molecule has 1 unspecified atom stereocenters. The van der Waals surface area contributed by atoms with Crippen LogP contribution in [0.15, 0.2) is 95.4 Å². The van der Waals surface area contributed by atoms with E-state index in [1.165, 1.54) is 28.8 Å². The van der Waals surface area contributed by atoms with Gasteiger partial charge in [0.1, 0.15) is 23.9 Å². The lowest BCUT2D eigenvalue weighted by atomic mass is 9.95. The monoisotopic (exact) mass is 593 g/mol. The van der Waals surface area contributed by atoms with Gasteiger partial charge in [0.25, 0.3) is 5.78 Å². The average molecular weight is 594 g/mol. The van der Waals surface area contributed by atoms with Gasteiger partial charge in [0.05, 0.1) is 11.6 Å². The number of ketones is 1. The highest BCUT2D eigenvalue weighted by atomic mass is 35.5. The van der Waals surface area contributed by atoms with Crippen LogP contribution in [0.5, 0.6) is 5.75 Å². The van der Waals surface area contributed by atoms with E-state index in [0.29, 0.717) is 26.4 Å². The first-order valence-corrected chi connectivity index (χ1v) is 14.2. The van der Waals surface area contributed by atoms with Crippen LogP contribution in [0.25, 0.3) is 5.76 Å². The maximum atomic E-state index is 13.6. The van der Waals surface area contributed by atoms with Crippen molar-refractivity contribution >= 4 is 57.3 Å². The highest BCUT2D eigenvalue weighted by molar-refractivity contribution is 8.00. The van der Waals surface area contributed by atoms with E-state index in [-0.39, 0.29) is 22.9 Å². The van der Waals surface area contributed by atoms with E-state index in [1.807, 2.05) is 18.2 Å². The van der Waals surface area contributed by atoms with Gasteiger partial charge < -0.3 is 9.84 Å². The molecule has 0 radical (unpaired) electrons. The zero-order valence-electron chi connectivity index (χ0n) is 20.8. The van der Waals surface area contributed by atoms with Crippen LogP contribution in [-0.2, 0) is 15.3 Å². The topological polar surface area (TPSA) is 92.6 Å². The fourth-order valence-electron chi connectivity index (χ4n) is 4.15. The molecule has 1 aliphatic rings. The number of aromatic nitrogens is 2. The number of ether oxygens (including phenoxy) is 1.